The molecule has 0 saturated heterocycles. The van der Waals surface area contributed by atoms with Gasteiger partial charge in [0.25, 0.3) is 5.91 Å². The van der Waals surface area contributed by atoms with Crippen molar-refractivity contribution in [3.8, 4) is 0 Å². The molecule has 6 heteroatoms. The number of hydrogen-bond acceptors (Lipinski definition) is 3. The van der Waals surface area contributed by atoms with Gasteiger partial charge in [-0.2, -0.15) is 0 Å². The van der Waals surface area contributed by atoms with Crippen molar-refractivity contribution in [3.05, 3.63) is 76.7 Å². The molecule has 1 aliphatic rings. The maximum Gasteiger partial charge on any atom is 0.258 e. The molecular weight excluding hydrogens is 334 g/mol. The lowest BCUT2D eigenvalue weighted by Crippen LogP contribution is -2.41. The van der Waals surface area contributed by atoms with Crippen molar-refractivity contribution in [1.82, 2.24) is 0 Å². The third-order valence-corrected chi connectivity index (χ3v) is 5.22. The summed E-state index contributed by atoms with van der Waals surface area (Å²) < 4.78 is 23.5. The van der Waals surface area contributed by atoms with Gasteiger partial charge in [0.05, 0.1) is 11.8 Å². The van der Waals surface area contributed by atoms with Crippen molar-refractivity contribution in [2.75, 3.05) is 10.7 Å². The van der Waals surface area contributed by atoms with Gasteiger partial charge < -0.3 is 4.90 Å². The van der Waals surface area contributed by atoms with E-state index in [0.717, 1.165) is 0 Å². The summed E-state index contributed by atoms with van der Waals surface area (Å²) in [5.41, 5.74) is 1.11. The number of carbonyl (C=O) groups excluding carboxylic acids is 1. The molecule has 0 spiro atoms. The van der Waals surface area contributed by atoms with Gasteiger partial charge in [-0.05, 0) is 42.5 Å². The molecule has 0 fully saturated rings. The van der Waals surface area contributed by atoms with Crippen LogP contribution in [-0.4, -0.2) is 26.1 Å². The normalized spacial score (nSPS) is 18.7. The van der Waals surface area contributed by atoms with E-state index in [1.54, 1.807) is 42.5 Å². The number of para-hydroxylation sites is 1. The van der Waals surface area contributed by atoms with Crippen LogP contribution >= 0.6 is 11.6 Å². The molecule has 4 nitrogen and oxygen atoms in total. The monoisotopic (exact) mass is 347 g/mol. The molecule has 0 aromatic heterocycles. The highest BCUT2D eigenvalue weighted by Crippen LogP contribution is 2.25. The Morgan fingerprint density at radius 2 is 1.70 bits per heavy atom. The Morgan fingerprint density at radius 1 is 1.04 bits per heavy atom. The van der Waals surface area contributed by atoms with Crippen molar-refractivity contribution in [1.29, 1.82) is 0 Å². The van der Waals surface area contributed by atoms with Crippen LogP contribution < -0.4 is 4.90 Å². The lowest BCUT2D eigenvalue weighted by molar-refractivity contribution is 0.0983. The zero-order valence-electron chi connectivity index (χ0n) is 12.1. The summed E-state index contributed by atoms with van der Waals surface area (Å²) in [5.74, 6) is -0.374. The highest BCUT2D eigenvalue weighted by Gasteiger charge is 2.31. The summed E-state index contributed by atoms with van der Waals surface area (Å²) in [6.45, 7) is 0. The van der Waals surface area contributed by atoms with Crippen molar-refractivity contribution < 1.29 is 13.2 Å². The smallest absolute Gasteiger partial charge is 0.258 e. The van der Waals surface area contributed by atoms with Crippen molar-refractivity contribution in [2.24, 2.45) is 0 Å². The third kappa shape index (κ3) is 3.46. The number of benzene rings is 2. The largest absolute Gasteiger partial charge is 0.300 e. The van der Waals surface area contributed by atoms with Gasteiger partial charge in [-0.3, -0.25) is 4.79 Å². The number of halogens is 1. The molecule has 2 aromatic carbocycles. The van der Waals surface area contributed by atoms with E-state index in [2.05, 4.69) is 0 Å². The van der Waals surface area contributed by atoms with Crippen LogP contribution in [0, 0.1) is 0 Å². The van der Waals surface area contributed by atoms with Crippen molar-refractivity contribution in [2.45, 2.75) is 6.04 Å². The first-order chi connectivity index (χ1) is 11.0. The van der Waals surface area contributed by atoms with Crippen molar-refractivity contribution >= 4 is 33.0 Å². The van der Waals surface area contributed by atoms with Crippen LogP contribution in [-0.2, 0) is 9.84 Å². The number of rotatable bonds is 3. The summed E-state index contributed by atoms with van der Waals surface area (Å²) >= 11 is 5.86. The number of hydrogen-bond donors (Lipinski definition) is 0. The summed E-state index contributed by atoms with van der Waals surface area (Å²) in [7, 11) is -3.27. The van der Waals surface area contributed by atoms with Crippen LogP contribution in [0.25, 0.3) is 0 Å². The highest BCUT2D eigenvalue weighted by molar-refractivity contribution is 7.94. The van der Waals surface area contributed by atoms with Gasteiger partial charge in [0.15, 0.2) is 9.84 Å². The molecule has 1 heterocycles. The molecule has 1 atom stereocenters. The van der Waals surface area contributed by atoms with Gasteiger partial charge in [0.2, 0.25) is 0 Å². The average Bonchev–Trinajstić information content (AvgIpc) is 2.89. The fraction of sp³-hybridized carbons (Fsp3) is 0.118. The van der Waals surface area contributed by atoms with E-state index in [1.165, 1.54) is 10.3 Å². The molecule has 2 aromatic rings. The molecule has 1 aliphatic heterocycles. The van der Waals surface area contributed by atoms with Crippen LogP contribution in [0.5, 0.6) is 0 Å². The number of anilines is 1. The van der Waals surface area contributed by atoms with E-state index in [9.17, 15) is 13.2 Å². The molecule has 0 bridgehead atoms. The van der Waals surface area contributed by atoms with Gasteiger partial charge in [0, 0.05) is 21.7 Å². The van der Waals surface area contributed by atoms with Gasteiger partial charge in [-0.25, -0.2) is 8.42 Å². The fourth-order valence-electron chi connectivity index (χ4n) is 2.50. The van der Waals surface area contributed by atoms with E-state index in [1.807, 2.05) is 18.2 Å². The first-order valence-electron chi connectivity index (χ1n) is 7.01. The van der Waals surface area contributed by atoms with E-state index in [0.29, 0.717) is 16.3 Å². The SMILES string of the molecule is O=C(c1ccc(Cl)cc1)N(c1ccccc1)C1C=CS(=O)(=O)C1. The summed E-state index contributed by atoms with van der Waals surface area (Å²) in [4.78, 5) is 14.4. The molecule has 23 heavy (non-hydrogen) atoms. The minimum absolute atomic E-state index is 0.110. The number of sulfone groups is 1. The van der Waals surface area contributed by atoms with Gasteiger partial charge in [-0.1, -0.05) is 29.8 Å². The maximum atomic E-state index is 12.9. The van der Waals surface area contributed by atoms with Crippen LogP contribution in [0.1, 0.15) is 10.4 Å². The fourth-order valence-corrected chi connectivity index (χ4v) is 3.89. The summed E-state index contributed by atoms with van der Waals surface area (Å²) in [6.07, 6.45) is 1.55. The third-order valence-electron chi connectivity index (χ3n) is 3.59. The lowest BCUT2D eigenvalue weighted by Gasteiger charge is -2.27. The minimum Gasteiger partial charge on any atom is -0.300 e. The number of amides is 1. The van der Waals surface area contributed by atoms with Gasteiger partial charge >= 0.3 is 0 Å². The van der Waals surface area contributed by atoms with E-state index >= 15 is 0 Å². The molecule has 0 radical (unpaired) electrons. The summed E-state index contributed by atoms with van der Waals surface area (Å²) in [5, 5.41) is 1.71. The van der Waals surface area contributed by atoms with Crippen molar-refractivity contribution in [3.63, 3.8) is 0 Å². The Kier molecular flexibility index (Phi) is 4.24. The molecule has 0 saturated carbocycles. The summed E-state index contributed by atoms with van der Waals surface area (Å²) in [6, 6.07) is 15.1. The van der Waals surface area contributed by atoms with Crippen LogP contribution in [0.3, 0.4) is 0 Å². The molecule has 1 unspecified atom stereocenters. The van der Waals surface area contributed by atoms with E-state index in [4.69, 9.17) is 11.6 Å². The Bertz CT molecular complexity index is 845. The number of carbonyl (C=O) groups is 1. The second kappa shape index (κ2) is 6.18. The number of nitrogens with zero attached hydrogens (tertiary/aromatic N) is 1. The molecule has 3 rings (SSSR count). The Labute approximate surface area is 139 Å². The lowest BCUT2D eigenvalue weighted by atomic mass is 10.1. The van der Waals surface area contributed by atoms with Crippen LogP contribution in [0.15, 0.2) is 66.1 Å². The molecule has 0 N–H and O–H groups in total. The predicted octanol–water partition coefficient (Wildman–Crippen LogP) is 3.30. The van der Waals surface area contributed by atoms with Gasteiger partial charge in [0.1, 0.15) is 0 Å². The molecule has 118 valence electrons. The maximum absolute atomic E-state index is 12.9. The highest BCUT2D eigenvalue weighted by atomic mass is 35.5. The Balaban J connectivity index is 2.00. The van der Waals surface area contributed by atoms with E-state index < -0.39 is 15.9 Å². The zero-order chi connectivity index (χ0) is 16.4. The molecule has 1 amide bonds. The second-order valence-corrected chi connectivity index (χ2v) is 7.61. The first-order valence-corrected chi connectivity index (χ1v) is 9.11. The molecular formula is C17H14ClNO3S. The standard InChI is InChI=1S/C17H14ClNO3S/c18-14-8-6-13(7-9-14)17(20)19(15-4-2-1-3-5-15)16-10-11-23(21,22)12-16/h1-11,16H,12H2. The van der Waals surface area contributed by atoms with E-state index in [-0.39, 0.29) is 11.7 Å². The molecule has 0 aliphatic carbocycles. The van der Waals surface area contributed by atoms with Crippen LogP contribution in [0.4, 0.5) is 5.69 Å². The topological polar surface area (TPSA) is 54.5 Å². The minimum atomic E-state index is -3.27. The average molecular weight is 348 g/mol. The Morgan fingerprint density at radius 3 is 2.26 bits per heavy atom. The quantitative estimate of drug-likeness (QED) is 0.856. The van der Waals surface area contributed by atoms with Gasteiger partial charge in [-0.15, -0.1) is 0 Å². The zero-order valence-corrected chi connectivity index (χ0v) is 13.7. The first kappa shape index (κ1) is 15.8. The van der Waals surface area contributed by atoms with Crippen LogP contribution in [0.2, 0.25) is 5.02 Å². The Hall–Kier alpha value is -2.11. The predicted molar refractivity (Wildman–Crippen MR) is 91.4 cm³/mol. The second-order valence-electron chi connectivity index (χ2n) is 5.24.